The lowest BCUT2D eigenvalue weighted by atomic mass is 10.3. The fourth-order valence-electron chi connectivity index (χ4n) is 1.29. The molecule has 5 nitrogen and oxygen atoms in total. The lowest BCUT2D eigenvalue weighted by molar-refractivity contribution is 0.232. The molecular weight excluding hydrogens is 250 g/mol. The Labute approximate surface area is 111 Å². The largest absolute Gasteiger partial charge is 0.475 e. The molecule has 0 aromatic carbocycles. The molecule has 0 aliphatic heterocycles. The van der Waals surface area contributed by atoms with Crippen molar-refractivity contribution in [3.63, 3.8) is 0 Å². The van der Waals surface area contributed by atoms with Crippen molar-refractivity contribution in [2.75, 3.05) is 18.1 Å². The Morgan fingerprint density at radius 3 is 2.78 bits per heavy atom. The van der Waals surface area contributed by atoms with Crippen LogP contribution in [0, 0.1) is 0 Å². The number of nitrogens with zero attached hydrogens (tertiary/aromatic N) is 2. The number of ether oxygens (including phenoxy) is 1. The highest BCUT2D eigenvalue weighted by molar-refractivity contribution is 7.84. The topological polar surface area (TPSA) is 64.1 Å². The Bertz CT molecular complexity index is 399. The summed E-state index contributed by atoms with van der Waals surface area (Å²) < 4.78 is 16.7. The second kappa shape index (κ2) is 7.31. The Morgan fingerprint density at radius 2 is 2.17 bits per heavy atom. The monoisotopic (exact) mass is 271 g/mol. The van der Waals surface area contributed by atoms with Crippen LogP contribution in [-0.2, 0) is 10.8 Å². The summed E-state index contributed by atoms with van der Waals surface area (Å²) in [5.74, 6) is 1.11. The zero-order valence-corrected chi connectivity index (χ0v) is 12.2. The van der Waals surface area contributed by atoms with Crippen molar-refractivity contribution in [3.05, 3.63) is 12.3 Å². The predicted octanol–water partition coefficient (Wildman–Crippen LogP) is 1.83. The minimum absolute atomic E-state index is 0.0929. The molecule has 0 saturated carbocycles. The molecule has 1 rings (SSSR count). The van der Waals surface area contributed by atoms with E-state index in [2.05, 4.69) is 15.3 Å². The predicted molar refractivity (Wildman–Crippen MR) is 74.4 cm³/mol. The maximum absolute atomic E-state index is 11.2. The summed E-state index contributed by atoms with van der Waals surface area (Å²) in [5, 5.41) is 3.28. The van der Waals surface area contributed by atoms with Crippen molar-refractivity contribution < 1.29 is 8.95 Å². The van der Waals surface area contributed by atoms with Crippen LogP contribution in [0.2, 0.25) is 0 Å². The van der Waals surface area contributed by atoms with Gasteiger partial charge in [0.15, 0.2) is 0 Å². The molecule has 0 fully saturated rings. The molecule has 0 spiro atoms. The van der Waals surface area contributed by atoms with Crippen molar-refractivity contribution in [2.45, 2.75) is 38.5 Å². The molecule has 1 heterocycles. The third kappa shape index (κ3) is 5.44. The van der Waals surface area contributed by atoms with E-state index in [4.69, 9.17) is 4.74 Å². The number of nitrogens with one attached hydrogen (secondary N) is 1. The third-order valence-corrected chi connectivity index (χ3v) is 3.76. The highest BCUT2D eigenvalue weighted by Crippen LogP contribution is 2.10. The van der Waals surface area contributed by atoms with Crippen molar-refractivity contribution >= 4 is 16.7 Å². The summed E-state index contributed by atoms with van der Waals surface area (Å²) in [4.78, 5) is 8.34. The van der Waals surface area contributed by atoms with Gasteiger partial charge in [0.25, 0.3) is 0 Å². The lowest BCUT2D eigenvalue weighted by Crippen LogP contribution is -2.16. The molecule has 2 unspecified atom stereocenters. The second-order valence-corrected chi connectivity index (χ2v) is 6.21. The number of hydrogen-bond acceptors (Lipinski definition) is 5. The van der Waals surface area contributed by atoms with Crippen LogP contribution in [-0.4, -0.2) is 38.3 Å². The van der Waals surface area contributed by atoms with Gasteiger partial charge in [-0.3, -0.25) is 4.21 Å². The highest BCUT2D eigenvalue weighted by Gasteiger charge is 2.06. The fourth-order valence-corrected chi connectivity index (χ4v) is 1.74. The molecule has 1 aromatic heterocycles. The van der Waals surface area contributed by atoms with Crippen molar-refractivity contribution in [1.82, 2.24) is 9.97 Å². The molecule has 2 atom stereocenters. The van der Waals surface area contributed by atoms with Crippen LogP contribution in [0.3, 0.4) is 0 Å². The Morgan fingerprint density at radius 1 is 1.44 bits per heavy atom. The van der Waals surface area contributed by atoms with E-state index in [0.29, 0.717) is 18.4 Å². The van der Waals surface area contributed by atoms with Gasteiger partial charge in [-0.15, -0.1) is 0 Å². The van der Waals surface area contributed by atoms with Crippen LogP contribution < -0.4 is 10.1 Å². The van der Waals surface area contributed by atoms with Gasteiger partial charge in [0.05, 0.1) is 6.10 Å². The number of anilines is 1. The van der Waals surface area contributed by atoms with Crippen LogP contribution >= 0.6 is 0 Å². The van der Waals surface area contributed by atoms with Gasteiger partial charge in [0.2, 0.25) is 11.8 Å². The van der Waals surface area contributed by atoms with Crippen molar-refractivity contribution in [2.24, 2.45) is 0 Å². The van der Waals surface area contributed by atoms with Gasteiger partial charge in [-0.05, 0) is 20.3 Å². The molecule has 0 amide bonds. The van der Waals surface area contributed by atoms with E-state index >= 15 is 0 Å². The normalized spacial score (nSPS) is 14.3. The Kier molecular flexibility index (Phi) is 6.04. The van der Waals surface area contributed by atoms with Gasteiger partial charge < -0.3 is 10.1 Å². The van der Waals surface area contributed by atoms with Crippen LogP contribution in [0.25, 0.3) is 0 Å². The van der Waals surface area contributed by atoms with E-state index in [1.807, 2.05) is 20.8 Å². The van der Waals surface area contributed by atoms with Crippen molar-refractivity contribution in [1.29, 1.82) is 0 Å². The molecule has 1 aromatic rings. The first-order chi connectivity index (χ1) is 8.49. The second-order valence-electron chi connectivity index (χ2n) is 4.41. The number of hydrogen-bond donors (Lipinski definition) is 1. The maximum atomic E-state index is 11.2. The van der Waals surface area contributed by atoms with Gasteiger partial charge in [0, 0.05) is 41.1 Å². The first kappa shape index (κ1) is 14.9. The number of rotatable bonds is 7. The quantitative estimate of drug-likeness (QED) is 0.819. The lowest BCUT2D eigenvalue weighted by Gasteiger charge is -2.11. The van der Waals surface area contributed by atoms with Crippen LogP contribution in [0.4, 0.5) is 5.95 Å². The average Bonchev–Trinajstić information content (AvgIpc) is 2.28. The van der Waals surface area contributed by atoms with E-state index in [1.165, 1.54) is 0 Å². The summed E-state index contributed by atoms with van der Waals surface area (Å²) in [7, 11) is -0.786. The zero-order chi connectivity index (χ0) is 13.5. The first-order valence-electron chi connectivity index (χ1n) is 6.05. The molecular formula is C12H21N3O2S. The molecule has 1 N–H and O–H groups in total. The summed E-state index contributed by atoms with van der Waals surface area (Å²) in [6.45, 7) is 6.57. The highest BCUT2D eigenvalue weighted by atomic mass is 32.2. The SMILES string of the molecule is CC(C)Oc1ccnc(NCCC(C)S(C)=O)n1. The van der Waals surface area contributed by atoms with Gasteiger partial charge >= 0.3 is 0 Å². The van der Waals surface area contributed by atoms with E-state index in [1.54, 1.807) is 18.5 Å². The van der Waals surface area contributed by atoms with Gasteiger partial charge in [-0.25, -0.2) is 4.98 Å². The third-order valence-electron chi connectivity index (χ3n) is 2.39. The van der Waals surface area contributed by atoms with E-state index in [9.17, 15) is 4.21 Å². The van der Waals surface area contributed by atoms with Crippen LogP contribution in [0.15, 0.2) is 12.3 Å². The molecule has 102 valence electrons. The zero-order valence-electron chi connectivity index (χ0n) is 11.3. The standard InChI is InChI=1S/C12H21N3O2S/c1-9(2)17-11-6-8-14-12(15-11)13-7-5-10(3)18(4)16/h6,8-10H,5,7H2,1-4H3,(H,13,14,15). The molecule has 0 bridgehead atoms. The Balaban J connectivity index is 2.45. The van der Waals surface area contributed by atoms with E-state index in [-0.39, 0.29) is 11.4 Å². The van der Waals surface area contributed by atoms with Gasteiger partial charge in [-0.2, -0.15) is 4.98 Å². The molecule has 0 aliphatic rings. The summed E-state index contributed by atoms with van der Waals surface area (Å²) >= 11 is 0. The molecule has 0 radical (unpaired) electrons. The van der Waals surface area contributed by atoms with E-state index < -0.39 is 10.8 Å². The summed E-state index contributed by atoms with van der Waals surface area (Å²) in [6.07, 6.45) is 4.30. The minimum Gasteiger partial charge on any atom is -0.475 e. The summed E-state index contributed by atoms with van der Waals surface area (Å²) in [6, 6.07) is 1.73. The Hall–Kier alpha value is -1.17. The van der Waals surface area contributed by atoms with Crippen LogP contribution in [0.1, 0.15) is 27.2 Å². The van der Waals surface area contributed by atoms with Crippen LogP contribution in [0.5, 0.6) is 5.88 Å². The molecule has 6 heteroatoms. The minimum atomic E-state index is -0.786. The molecule has 18 heavy (non-hydrogen) atoms. The fraction of sp³-hybridized carbons (Fsp3) is 0.667. The first-order valence-corrected chi connectivity index (χ1v) is 7.67. The average molecular weight is 271 g/mol. The molecule has 0 aliphatic carbocycles. The summed E-state index contributed by atoms with van der Waals surface area (Å²) in [5.41, 5.74) is 0. The van der Waals surface area contributed by atoms with Gasteiger partial charge in [-0.1, -0.05) is 6.92 Å². The number of aromatic nitrogens is 2. The van der Waals surface area contributed by atoms with E-state index in [0.717, 1.165) is 6.42 Å². The maximum Gasteiger partial charge on any atom is 0.225 e. The smallest absolute Gasteiger partial charge is 0.225 e. The molecule has 0 saturated heterocycles. The van der Waals surface area contributed by atoms with Crippen molar-refractivity contribution in [3.8, 4) is 5.88 Å². The van der Waals surface area contributed by atoms with Gasteiger partial charge in [0.1, 0.15) is 0 Å².